The van der Waals surface area contributed by atoms with Crippen LogP contribution in [-0.4, -0.2) is 16.9 Å². The van der Waals surface area contributed by atoms with Crippen molar-refractivity contribution in [2.75, 3.05) is 7.11 Å². The molecule has 1 aromatic heterocycles. The van der Waals surface area contributed by atoms with E-state index < -0.39 is 0 Å². The largest absolute Gasteiger partial charge is 0.497 e. The maximum atomic E-state index is 12.9. The number of nitrogens with zero attached hydrogens (tertiary/aromatic N) is 2. The molecule has 1 heterocycles. The van der Waals surface area contributed by atoms with Crippen molar-refractivity contribution >= 4 is 10.8 Å². The first-order valence-corrected chi connectivity index (χ1v) is 8.00. The molecule has 0 aliphatic carbocycles. The summed E-state index contributed by atoms with van der Waals surface area (Å²) < 4.78 is 6.69. The van der Waals surface area contributed by atoms with Crippen LogP contribution in [0.25, 0.3) is 27.7 Å². The minimum Gasteiger partial charge on any atom is -0.497 e. The maximum absolute atomic E-state index is 12.9. The summed E-state index contributed by atoms with van der Waals surface area (Å²) >= 11 is 0. The van der Waals surface area contributed by atoms with Crippen LogP contribution in [0, 0.1) is 0 Å². The molecule has 0 amide bonds. The van der Waals surface area contributed by atoms with E-state index in [2.05, 4.69) is 5.10 Å². The zero-order valence-electron chi connectivity index (χ0n) is 13.7. The first kappa shape index (κ1) is 15.1. The predicted molar refractivity (Wildman–Crippen MR) is 99.3 cm³/mol. The monoisotopic (exact) mass is 328 g/mol. The Morgan fingerprint density at radius 1 is 0.800 bits per heavy atom. The van der Waals surface area contributed by atoms with E-state index in [1.807, 2.05) is 78.9 Å². The Balaban J connectivity index is 2.03. The van der Waals surface area contributed by atoms with Gasteiger partial charge in [-0.3, -0.25) is 4.79 Å². The maximum Gasteiger partial charge on any atom is 0.279 e. The third-order valence-electron chi connectivity index (χ3n) is 4.17. The molecule has 0 radical (unpaired) electrons. The summed E-state index contributed by atoms with van der Waals surface area (Å²) in [4.78, 5) is 12.9. The standard InChI is InChI=1S/C21H16N2O2/c1-25-17-13-11-15(12-14-17)20-18-9-5-6-10-19(18)21(24)23(22-20)16-7-3-2-4-8-16/h2-14H,1H3. The van der Waals surface area contributed by atoms with Gasteiger partial charge in [0.15, 0.2) is 0 Å². The summed E-state index contributed by atoms with van der Waals surface area (Å²) in [5.74, 6) is 0.782. The Hall–Kier alpha value is -3.40. The van der Waals surface area contributed by atoms with Crippen LogP contribution in [0.3, 0.4) is 0 Å². The van der Waals surface area contributed by atoms with Gasteiger partial charge in [0.2, 0.25) is 0 Å². The van der Waals surface area contributed by atoms with Gasteiger partial charge < -0.3 is 4.74 Å². The van der Waals surface area contributed by atoms with E-state index in [0.717, 1.165) is 28.1 Å². The first-order chi connectivity index (χ1) is 12.3. The smallest absolute Gasteiger partial charge is 0.279 e. The molecule has 0 aliphatic heterocycles. The molecule has 25 heavy (non-hydrogen) atoms. The summed E-state index contributed by atoms with van der Waals surface area (Å²) in [6, 6.07) is 24.7. The molecule has 0 atom stereocenters. The highest BCUT2D eigenvalue weighted by Gasteiger charge is 2.13. The lowest BCUT2D eigenvalue weighted by Gasteiger charge is -2.11. The van der Waals surface area contributed by atoms with Crippen molar-refractivity contribution in [2.45, 2.75) is 0 Å². The van der Waals surface area contributed by atoms with E-state index in [-0.39, 0.29) is 5.56 Å². The minimum absolute atomic E-state index is 0.126. The second kappa shape index (κ2) is 6.24. The minimum atomic E-state index is -0.126. The summed E-state index contributed by atoms with van der Waals surface area (Å²) in [6.07, 6.45) is 0. The molecule has 4 aromatic rings. The van der Waals surface area contributed by atoms with Gasteiger partial charge in [-0.2, -0.15) is 9.78 Å². The van der Waals surface area contributed by atoms with E-state index in [1.165, 1.54) is 4.68 Å². The van der Waals surface area contributed by atoms with Crippen LogP contribution in [0.15, 0.2) is 83.7 Å². The van der Waals surface area contributed by atoms with Gasteiger partial charge in [0.25, 0.3) is 5.56 Å². The highest BCUT2D eigenvalue weighted by atomic mass is 16.5. The molecule has 3 aromatic carbocycles. The molecule has 4 heteroatoms. The van der Waals surface area contributed by atoms with Gasteiger partial charge in [0.05, 0.1) is 23.9 Å². The lowest BCUT2D eigenvalue weighted by molar-refractivity contribution is 0.415. The third kappa shape index (κ3) is 2.68. The summed E-state index contributed by atoms with van der Waals surface area (Å²) in [5, 5.41) is 6.14. The highest BCUT2D eigenvalue weighted by Crippen LogP contribution is 2.26. The number of hydrogen-bond donors (Lipinski definition) is 0. The van der Waals surface area contributed by atoms with Crippen LogP contribution >= 0.6 is 0 Å². The van der Waals surface area contributed by atoms with Crippen LogP contribution < -0.4 is 10.3 Å². The SMILES string of the molecule is COc1ccc(-c2nn(-c3ccccc3)c(=O)c3ccccc23)cc1. The van der Waals surface area contributed by atoms with Crippen LogP contribution in [-0.2, 0) is 0 Å². The first-order valence-electron chi connectivity index (χ1n) is 8.00. The predicted octanol–water partition coefficient (Wildman–Crippen LogP) is 4.06. The molecular formula is C21H16N2O2. The Labute approximate surface area is 144 Å². The van der Waals surface area contributed by atoms with Crippen LogP contribution in [0.4, 0.5) is 0 Å². The molecule has 0 bridgehead atoms. The lowest BCUT2D eigenvalue weighted by atomic mass is 10.0. The molecule has 0 unspecified atom stereocenters. The van der Waals surface area contributed by atoms with Crippen LogP contribution in [0.2, 0.25) is 0 Å². The fraction of sp³-hybridized carbons (Fsp3) is 0.0476. The molecular weight excluding hydrogens is 312 g/mol. The molecule has 0 aliphatic rings. The molecule has 0 spiro atoms. The molecule has 0 saturated heterocycles. The van der Waals surface area contributed by atoms with Crippen LogP contribution in [0.1, 0.15) is 0 Å². The van der Waals surface area contributed by atoms with Crippen molar-refractivity contribution in [1.82, 2.24) is 9.78 Å². The van der Waals surface area contributed by atoms with Crippen molar-refractivity contribution in [2.24, 2.45) is 0 Å². The van der Waals surface area contributed by atoms with Crippen molar-refractivity contribution in [3.63, 3.8) is 0 Å². The van der Waals surface area contributed by atoms with Gasteiger partial charge in [-0.05, 0) is 42.5 Å². The molecule has 4 rings (SSSR count). The van der Waals surface area contributed by atoms with Gasteiger partial charge in [0, 0.05) is 10.9 Å². The zero-order chi connectivity index (χ0) is 17.2. The topological polar surface area (TPSA) is 44.1 Å². The van der Waals surface area contributed by atoms with Crippen molar-refractivity contribution in [3.05, 3.63) is 89.2 Å². The Kier molecular flexibility index (Phi) is 3.78. The lowest BCUT2D eigenvalue weighted by Crippen LogP contribution is -2.22. The van der Waals surface area contributed by atoms with E-state index in [0.29, 0.717) is 5.39 Å². The zero-order valence-corrected chi connectivity index (χ0v) is 13.7. The van der Waals surface area contributed by atoms with Crippen molar-refractivity contribution in [3.8, 4) is 22.7 Å². The Morgan fingerprint density at radius 3 is 2.12 bits per heavy atom. The van der Waals surface area contributed by atoms with Crippen molar-refractivity contribution < 1.29 is 4.74 Å². The molecule has 122 valence electrons. The molecule has 0 saturated carbocycles. The number of aromatic nitrogens is 2. The Bertz CT molecular complexity index is 1080. The van der Waals surface area contributed by atoms with Crippen molar-refractivity contribution in [1.29, 1.82) is 0 Å². The van der Waals surface area contributed by atoms with Crippen LogP contribution in [0.5, 0.6) is 5.75 Å². The fourth-order valence-electron chi connectivity index (χ4n) is 2.90. The average Bonchev–Trinajstić information content (AvgIpc) is 2.69. The number of ether oxygens (including phenoxy) is 1. The number of fused-ring (bicyclic) bond motifs is 1. The summed E-state index contributed by atoms with van der Waals surface area (Å²) in [5.41, 5.74) is 2.32. The highest BCUT2D eigenvalue weighted by molar-refractivity contribution is 5.94. The van der Waals surface area contributed by atoms with E-state index in [4.69, 9.17) is 4.74 Å². The quantitative estimate of drug-likeness (QED) is 0.569. The molecule has 0 fully saturated rings. The number of benzene rings is 3. The molecule has 0 N–H and O–H groups in total. The normalized spacial score (nSPS) is 10.8. The fourth-order valence-corrected chi connectivity index (χ4v) is 2.90. The third-order valence-corrected chi connectivity index (χ3v) is 4.17. The Morgan fingerprint density at radius 2 is 1.44 bits per heavy atom. The van der Waals surface area contributed by atoms with Gasteiger partial charge in [-0.25, -0.2) is 0 Å². The number of para-hydroxylation sites is 1. The second-order valence-corrected chi connectivity index (χ2v) is 5.68. The number of methoxy groups -OCH3 is 1. The average molecular weight is 328 g/mol. The van der Waals surface area contributed by atoms with Gasteiger partial charge in [0.1, 0.15) is 5.75 Å². The number of hydrogen-bond acceptors (Lipinski definition) is 3. The van der Waals surface area contributed by atoms with Gasteiger partial charge in [-0.15, -0.1) is 0 Å². The van der Waals surface area contributed by atoms with Gasteiger partial charge in [-0.1, -0.05) is 36.4 Å². The van der Waals surface area contributed by atoms with E-state index >= 15 is 0 Å². The van der Waals surface area contributed by atoms with Gasteiger partial charge >= 0.3 is 0 Å². The summed E-state index contributed by atoms with van der Waals surface area (Å²) in [6.45, 7) is 0. The molecule has 4 nitrogen and oxygen atoms in total. The van der Waals surface area contributed by atoms with E-state index in [9.17, 15) is 4.79 Å². The van der Waals surface area contributed by atoms with E-state index in [1.54, 1.807) is 7.11 Å². The summed E-state index contributed by atoms with van der Waals surface area (Å²) in [7, 11) is 1.64. The second-order valence-electron chi connectivity index (χ2n) is 5.68. The number of rotatable bonds is 3.